The van der Waals surface area contributed by atoms with Crippen molar-refractivity contribution in [2.75, 3.05) is 0 Å². The Morgan fingerprint density at radius 1 is 1.38 bits per heavy atom. The Balaban J connectivity index is 2.62. The number of alkyl halides is 3. The fourth-order valence-electron chi connectivity index (χ4n) is 1.88. The van der Waals surface area contributed by atoms with Crippen molar-refractivity contribution in [3.05, 3.63) is 35.7 Å². The first-order valence-corrected chi connectivity index (χ1v) is 5.90. The first-order chi connectivity index (χ1) is 9.83. The second-order valence-electron chi connectivity index (χ2n) is 4.03. The second-order valence-corrected chi connectivity index (χ2v) is 4.03. The Hall–Kier alpha value is -2.51. The van der Waals surface area contributed by atoms with Gasteiger partial charge in [0.05, 0.1) is 5.56 Å². The standard InChI is InChI=1S/C13H10F3NO4/c1-2-8-10(11(12(18)19)17-21-8)7-5-3-4-6-9(7)20-13(14,15)16/h3-6H,2H2,1H3,(H,18,19). The molecule has 0 amide bonds. The van der Waals surface area contributed by atoms with E-state index < -0.39 is 23.8 Å². The van der Waals surface area contributed by atoms with Gasteiger partial charge < -0.3 is 14.4 Å². The average molecular weight is 301 g/mol. The van der Waals surface area contributed by atoms with Crippen molar-refractivity contribution in [1.29, 1.82) is 0 Å². The summed E-state index contributed by atoms with van der Waals surface area (Å²) in [4.78, 5) is 11.1. The molecule has 1 N–H and O–H groups in total. The van der Waals surface area contributed by atoms with E-state index in [0.29, 0.717) is 0 Å². The lowest BCUT2D eigenvalue weighted by Gasteiger charge is -2.13. The molecule has 8 heteroatoms. The number of carboxylic acids is 1. The SMILES string of the molecule is CCc1onc(C(=O)O)c1-c1ccccc1OC(F)(F)F. The third kappa shape index (κ3) is 3.15. The summed E-state index contributed by atoms with van der Waals surface area (Å²) < 4.78 is 46.1. The minimum absolute atomic E-state index is 0.00940. The summed E-state index contributed by atoms with van der Waals surface area (Å²) in [6, 6.07) is 5.24. The number of aromatic carboxylic acids is 1. The molecule has 0 aliphatic heterocycles. The number of rotatable bonds is 4. The molecule has 0 saturated carbocycles. The molecule has 2 aromatic rings. The number of nitrogens with zero attached hydrogens (tertiary/aromatic N) is 1. The fourth-order valence-corrected chi connectivity index (χ4v) is 1.88. The van der Waals surface area contributed by atoms with E-state index in [0.717, 1.165) is 6.07 Å². The van der Waals surface area contributed by atoms with Crippen LogP contribution >= 0.6 is 0 Å². The van der Waals surface area contributed by atoms with Gasteiger partial charge in [-0.25, -0.2) is 4.79 Å². The number of benzene rings is 1. The van der Waals surface area contributed by atoms with Crippen LogP contribution in [0.25, 0.3) is 11.1 Å². The maximum absolute atomic E-state index is 12.4. The van der Waals surface area contributed by atoms with Crippen molar-refractivity contribution in [1.82, 2.24) is 5.16 Å². The monoisotopic (exact) mass is 301 g/mol. The van der Waals surface area contributed by atoms with Gasteiger partial charge in [0, 0.05) is 12.0 Å². The molecule has 1 heterocycles. The number of para-hydroxylation sites is 1. The van der Waals surface area contributed by atoms with E-state index in [1.807, 2.05) is 0 Å². The van der Waals surface area contributed by atoms with Crippen LogP contribution in [0, 0.1) is 0 Å². The van der Waals surface area contributed by atoms with Gasteiger partial charge in [-0.1, -0.05) is 30.3 Å². The summed E-state index contributed by atoms with van der Waals surface area (Å²) >= 11 is 0. The molecule has 0 atom stereocenters. The van der Waals surface area contributed by atoms with Gasteiger partial charge >= 0.3 is 12.3 Å². The van der Waals surface area contributed by atoms with Gasteiger partial charge in [-0.3, -0.25) is 0 Å². The highest BCUT2D eigenvalue weighted by Gasteiger charge is 2.33. The smallest absolute Gasteiger partial charge is 0.476 e. The largest absolute Gasteiger partial charge is 0.573 e. The zero-order chi connectivity index (χ0) is 15.6. The van der Waals surface area contributed by atoms with Crippen LogP contribution in [0.2, 0.25) is 0 Å². The summed E-state index contributed by atoms with van der Waals surface area (Å²) in [5.74, 6) is -1.73. The maximum Gasteiger partial charge on any atom is 0.573 e. The summed E-state index contributed by atoms with van der Waals surface area (Å²) in [5, 5.41) is 12.5. The van der Waals surface area contributed by atoms with Crippen molar-refractivity contribution in [3.63, 3.8) is 0 Å². The maximum atomic E-state index is 12.4. The Labute approximate surface area is 116 Å². The molecule has 0 radical (unpaired) electrons. The van der Waals surface area contributed by atoms with E-state index >= 15 is 0 Å². The van der Waals surface area contributed by atoms with Gasteiger partial charge in [0.1, 0.15) is 11.5 Å². The highest BCUT2D eigenvalue weighted by Crippen LogP contribution is 2.37. The summed E-state index contributed by atoms with van der Waals surface area (Å²) in [6.07, 6.45) is -4.61. The lowest BCUT2D eigenvalue weighted by Crippen LogP contribution is -2.17. The number of carboxylic acid groups (broad SMARTS) is 1. The number of aryl methyl sites for hydroxylation is 1. The van der Waals surface area contributed by atoms with Gasteiger partial charge in [0.25, 0.3) is 0 Å². The predicted octanol–water partition coefficient (Wildman–Crippen LogP) is 3.50. The van der Waals surface area contributed by atoms with Gasteiger partial charge in [0.15, 0.2) is 5.69 Å². The van der Waals surface area contributed by atoms with Gasteiger partial charge in [0.2, 0.25) is 0 Å². The van der Waals surface area contributed by atoms with E-state index in [4.69, 9.17) is 9.63 Å². The third-order valence-electron chi connectivity index (χ3n) is 2.67. The first-order valence-electron chi connectivity index (χ1n) is 5.90. The number of hydrogen-bond donors (Lipinski definition) is 1. The molecular weight excluding hydrogens is 291 g/mol. The Kier molecular flexibility index (Phi) is 3.88. The lowest BCUT2D eigenvalue weighted by molar-refractivity contribution is -0.274. The molecule has 5 nitrogen and oxygen atoms in total. The molecule has 0 bridgehead atoms. The molecule has 2 rings (SSSR count). The van der Waals surface area contributed by atoms with E-state index in [1.54, 1.807) is 6.92 Å². The summed E-state index contributed by atoms with van der Waals surface area (Å²) in [7, 11) is 0. The molecular formula is C13H10F3NO4. The lowest BCUT2D eigenvalue weighted by atomic mass is 10.0. The van der Waals surface area contributed by atoms with Crippen molar-refractivity contribution in [2.45, 2.75) is 19.7 Å². The predicted molar refractivity (Wildman–Crippen MR) is 65.0 cm³/mol. The van der Waals surface area contributed by atoms with Crippen LogP contribution in [0.15, 0.2) is 28.8 Å². The number of ether oxygens (including phenoxy) is 1. The Morgan fingerprint density at radius 2 is 2.05 bits per heavy atom. The van der Waals surface area contributed by atoms with Crippen LogP contribution in [0.3, 0.4) is 0 Å². The van der Waals surface area contributed by atoms with Crippen molar-refractivity contribution in [2.24, 2.45) is 0 Å². The quantitative estimate of drug-likeness (QED) is 0.935. The second kappa shape index (κ2) is 5.47. The van der Waals surface area contributed by atoms with Crippen LogP contribution in [0.5, 0.6) is 5.75 Å². The highest BCUT2D eigenvalue weighted by atomic mass is 19.4. The fraction of sp³-hybridized carbons (Fsp3) is 0.231. The van der Waals surface area contributed by atoms with Gasteiger partial charge in [-0.2, -0.15) is 0 Å². The molecule has 0 fully saturated rings. The highest BCUT2D eigenvalue weighted by molar-refractivity contribution is 5.95. The van der Waals surface area contributed by atoms with Gasteiger partial charge in [-0.15, -0.1) is 13.2 Å². The van der Waals surface area contributed by atoms with Crippen molar-refractivity contribution >= 4 is 5.97 Å². The molecule has 0 spiro atoms. The van der Waals surface area contributed by atoms with E-state index in [-0.39, 0.29) is 23.3 Å². The zero-order valence-electron chi connectivity index (χ0n) is 10.8. The number of aromatic nitrogens is 1. The molecule has 1 aromatic carbocycles. The number of halogens is 3. The number of hydrogen-bond acceptors (Lipinski definition) is 4. The minimum Gasteiger partial charge on any atom is -0.476 e. The molecule has 0 unspecified atom stereocenters. The molecule has 0 aliphatic rings. The molecule has 0 aliphatic carbocycles. The normalized spacial score (nSPS) is 11.4. The topological polar surface area (TPSA) is 72.6 Å². The minimum atomic E-state index is -4.89. The van der Waals surface area contributed by atoms with Crippen LogP contribution in [-0.4, -0.2) is 22.6 Å². The third-order valence-corrected chi connectivity index (χ3v) is 2.67. The Bertz CT molecular complexity index is 664. The molecule has 21 heavy (non-hydrogen) atoms. The van der Waals surface area contributed by atoms with Crippen LogP contribution in [-0.2, 0) is 6.42 Å². The summed E-state index contributed by atoms with van der Waals surface area (Å²) in [6.45, 7) is 1.67. The van der Waals surface area contributed by atoms with E-state index in [9.17, 15) is 18.0 Å². The average Bonchev–Trinajstić information content (AvgIpc) is 2.81. The van der Waals surface area contributed by atoms with E-state index in [1.165, 1.54) is 18.2 Å². The zero-order valence-corrected chi connectivity index (χ0v) is 10.8. The number of carbonyl (C=O) groups is 1. The molecule has 1 aromatic heterocycles. The van der Waals surface area contributed by atoms with Gasteiger partial charge in [-0.05, 0) is 6.07 Å². The summed E-state index contributed by atoms with van der Waals surface area (Å²) in [5.41, 5.74) is -0.500. The van der Waals surface area contributed by atoms with Crippen molar-refractivity contribution in [3.8, 4) is 16.9 Å². The van der Waals surface area contributed by atoms with E-state index in [2.05, 4.69) is 9.89 Å². The Morgan fingerprint density at radius 3 is 2.62 bits per heavy atom. The van der Waals surface area contributed by atoms with Crippen LogP contribution < -0.4 is 4.74 Å². The van der Waals surface area contributed by atoms with Crippen LogP contribution in [0.1, 0.15) is 23.2 Å². The molecule has 112 valence electrons. The van der Waals surface area contributed by atoms with Crippen molar-refractivity contribution < 1.29 is 32.3 Å². The van der Waals surface area contributed by atoms with Crippen LogP contribution in [0.4, 0.5) is 13.2 Å². The first kappa shape index (κ1) is 14.9. The molecule has 0 saturated heterocycles.